The van der Waals surface area contributed by atoms with E-state index in [2.05, 4.69) is 20.1 Å². The summed E-state index contributed by atoms with van der Waals surface area (Å²) in [6.45, 7) is 2.00. The maximum absolute atomic E-state index is 5.60. The van der Waals surface area contributed by atoms with Crippen LogP contribution in [0.3, 0.4) is 0 Å². The minimum Gasteiger partial charge on any atom is -0.441 e. The fourth-order valence-corrected chi connectivity index (χ4v) is 2.21. The van der Waals surface area contributed by atoms with Crippen LogP contribution in [0.5, 0.6) is 0 Å². The second-order valence-electron chi connectivity index (χ2n) is 4.81. The first kappa shape index (κ1) is 12.7. The third-order valence-electron chi connectivity index (χ3n) is 3.33. The van der Waals surface area contributed by atoms with Crippen molar-refractivity contribution in [2.24, 2.45) is 0 Å². The van der Waals surface area contributed by atoms with Crippen LogP contribution < -0.4 is 0 Å². The Balaban J connectivity index is 1.74. The van der Waals surface area contributed by atoms with Gasteiger partial charge in [0.2, 0.25) is 5.82 Å². The van der Waals surface area contributed by atoms with Gasteiger partial charge in [0.15, 0.2) is 11.5 Å². The maximum atomic E-state index is 5.60. The number of aromatic nitrogens is 4. The summed E-state index contributed by atoms with van der Waals surface area (Å²) in [5.74, 6) is 1.68. The Morgan fingerprint density at radius 3 is 2.86 bits per heavy atom. The molecule has 0 unspecified atom stereocenters. The smallest absolute Gasteiger partial charge is 0.259 e. The van der Waals surface area contributed by atoms with Gasteiger partial charge in [0.25, 0.3) is 5.89 Å². The van der Waals surface area contributed by atoms with E-state index in [1.54, 1.807) is 12.4 Å². The largest absolute Gasteiger partial charge is 0.441 e. The molecule has 4 aromatic rings. The lowest BCUT2D eigenvalue weighted by atomic mass is 10.2. The molecular weight excluding hydrogens is 280 g/mol. The highest BCUT2D eigenvalue weighted by molar-refractivity contribution is 5.78. The highest BCUT2D eigenvalue weighted by atomic mass is 16.5. The number of rotatable bonds is 3. The fraction of sp³-hybridized carbons (Fsp3) is 0.125. The topological polar surface area (TPSA) is 77.8 Å². The van der Waals surface area contributed by atoms with E-state index in [1.807, 2.05) is 37.3 Å². The molecule has 0 aliphatic heterocycles. The molecule has 0 fully saturated rings. The highest BCUT2D eigenvalue weighted by Gasteiger charge is 2.12. The highest BCUT2D eigenvalue weighted by Crippen LogP contribution is 2.25. The van der Waals surface area contributed by atoms with Crippen LogP contribution in [0, 0.1) is 0 Å². The van der Waals surface area contributed by atoms with Gasteiger partial charge in [-0.3, -0.25) is 4.98 Å². The van der Waals surface area contributed by atoms with Crippen LogP contribution in [0.1, 0.15) is 12.8 Å². The van der Waals surface area contributed by atoms with Crippen LogP contribution >= 0.6 is 0 Å². The number of fused-ring (bicyclic) bond motifs is 1. The molecule has 0 atom stereocenters. The summed E-state index contributed by atoms with van der Waals surface area (Å²) < 4.78 is 10.9. The Hall–Kier alpha value is -3.02. The predicted molar refractivity (Wildman–Crippen MR) is 79.9 cm³/mol. The fourth-order valence-electron chi connectivity index (χ4n) is 2.21. The second-order valence-corrected chi connectivity index (χ2v) is 4.81. The van der Waals surface area contributed by atoms with E-state index in [9.17, 15) is 0 Å². The van der Waals surface area contributed by atoms with Crippen LogP contribution in [0.4, 0.5) is 0 Å². The van der Waals surface area contributed by atoms with Gasteiger partial charge in [-0.15, -0.1) is 0 Å². The minimum atomic E-state index is 0.442. The third-order valence-corrected chi connectivity index (χ3v) is 3.33. The molecule has 0 saturated heterocycles. The molecule has 0 bridgehead atoms. The lowest BCUT2D eigenvalue weighted by Crippen LogP contribution is -1.82. The molecular formula is C16H12N4O2. The van der Waals surface area contributed by atoms with Gasteiger partial charge in [-0.1, -0.05) is 12.1 Å². The van der Waals surface area contributed by atoms with Gasteiger partial charge in [0.1, 0.15) is 5.52 Å². The van der Waals surface area contributed by atoms with E-state index in [0.717, 1.165) is 34.5 Å². The molecule has 0 saturated carbocycles. The quantitative estimate of drug-likeness (QED) is 0.575. The summed E-state index contributed by atoms with van der Waals surface area (Å²) in [5.41, 5.74) is 3.18. The molecule has 0 spiro atoms. The predicted octanol–water partition coefficient (Wildman–Crippen LogP) is 3.50. The Kier molecular flexibility index (Phi) is 2.93. The molecule has 0 radical (unpaired) electrons. The SMILES string of the molecule is CCc1nc2cc(-c3noc(-c4cccnc4)n3)ccc2o1. The van der Waals surface area contributed by atoms with Crippen LogP contribution in [-0.2, 0) is 6.42 Å². The number of aryl methyl sites for hydroxylation is 1. The van der Waals surface area contributed by atoms with E-state index in [4.69, 9.17) is 8.94 Å². The van der Waals surface area contributed by atoms with Gasteiger partial charge in [0, 0.05) is 24.4 Å². The standard InChI is InChI=1S/C16H12N4O2/c1-2-14-18-12-8-10(5-6-13(12)21-14)15-19-16(22-20-15)11-4-3-7-17-9-11/h3-9H,2H2,1H3. The van der Waals surface area contributed by atoms with Crippen molar-refractivity contribution in [3.05, 3.63) is 48.6 Å². The zero-order valence-corrected chi connectivity index (χ0v) is 11.9. The summed E-state index contributed by atoms with van der Waals surface area (Å²) in [7, 11) is 0. The molecule has 0 N–H and O–H groups in total. The molecule has 22 heavy (non-hydrogen) atoms. The molecule has 3 aromatic heterocycles. The van der Waals surface area contributed by atoms with E-state index < -0.39 is 0 Å². The number of hydrogen-bond donors (Lipinski definition) is 0. The third kappa shape index (κ3) is 2.14. The van der Waals surface area contributed by atoms with Gasteiger partial charge in [-0.05, 0) is 30.3 Å². The van der Waals surface area contributed by atoms with E-state index in [1.165, 1.54) is 0 Å². The Morgan fingerprint density at radius 2 is 2.05 bits per heavy atom. The first-order chi connectivity index (χ1) is 10.8. The van der Waals surface area contributed by atoms with Gasteiger partial charge in [0.05, 0.1) is 5.56 Å². The van der Waals surface area contributed by atoms with Crippen LogP contribution in [-0.4, -0.2) is 20.1 Å². The molecule has 6 heteroatoms. The average molecular weight is 292 g/mol. The average Bonchev–Trinajstić information content (AvgIpc) is 3.21. The Morgan fingerprint density at radius 1 is 1.09 bits per heavy atom. The summed E-state index contributed by atoms with van der Waals surface area (Å²) >= 11 is 0. The second kappa shape index (κ2) is 5.07. The Bertz CT molecular complexity index is 928. The number of nitrogens with zero attached hydrogens (tertiary/aromatic N) is 4. The van der Waals surface area contributed by atoms with Crippen molar-refractivity contribution in [3.63, 3.8) is 0 Å². The number of oxazole rings is 1. The van der Waals surface area contributed by atoms with Crippen molar-refractivity contribution in [2.75, 3.05) is 0 Å². The number of benzene rings is 1. The molecule has 0 aliphatic carbocycles. The normalized spacial score (nSPS) is 11.1. The Labute approximate surface area is 125 Å². The lowest BCUT2D eigenvalue weighted by molar-refractivity contribution is 0.432. The van der Waals surface area contributed by atoms with Crippen molar-refractivity contribution in [2.45, 2.75) is 13.3 Å². The summed E-state index contributed by atoms with van der Waals surface area (Å²) in [4.78, 5) is 12.9. The molecule has 4 rings (SSSR count). The lowest BCUT2D eigenvalue weighted by Gasteiger charge is -1.93. The van der Waals surface area contributed by atoms with Gasteiger partial charge < -0.3 is 8.94 Å². The van der Waals surface area contributed by atoms with Gasteiger partial charge >= 0.3 is 0 Å². The molecule has 108 valence electrons. The van der Waals surface area contributed by atoms with Crippen molar-refractivity contribution >= 4 is 11.1 Å². The first-order valence-corrected chi connectivity index (χ1v) is 6.97. The molecule has 3 heterocycles. The van der Waals surface area contributed by atoms with E-state index in [-0.39, 0.29) is 0 Å². The van der Waals surface area contributed by atoms with E-state index >= 15 is 0 Å². The van der Waals surface area contributed by atoms with Crippen molar-refractivity contribution in [3.8, 4) is 22.8 Å². The van der Waals surface area contributed by atoms with Gasteiger partial charge in [-0.25, -0.2) is 4.98 Å². The van der Waals surface area contributed by atoms with Crippen LogP contribution in [0.15, 0.2) is 51.7 Å². The van der Waals surface area contributed by atoms with Crippen LogP contribution in [0.25, 0.3) is 33.9 Å². The number of hydrogen-bond acceptors (Lipinski definition) is 6. The molecule has 6 nitrogen and oxygen atoms in total. The van der Waals surface area contributed by atoms with E-state index in [0.29, 0.717) is 11.7 Å². The van der Waals surface area contributed by atoms with Gasteiger partial charge in [-0.2, -0.15) is 4.98 Å². The van der Waals surface area contributed by atoms with Crippen molar-refractivity contribution in [1.29, 1.82) is 0 Å². The molecule has 0 aliphatic rings. The zero-order chi connectivity index (χ0) is 14.9. The van der Waals surface area contributed by atoms with Crippen molar-refractivity contribution in [1.82, 2.24) is 20.1 Å². The summed E-state index contributed by atoms with van der Waals surface area (Å²) in [5, 5.41) is 4.02. The number of pyridine rings is 1. The minimum absolute atomic E-state index is 0.442. The molecule has 0 amide bonds. The monoisotopic (exact) mass is 292 g/mol. The zero-order valence-electron chi connectivity index (χ0n) is 11.9. The van der Waals surface area contributed by atoms with Crippen molar-refractivity contribution < 1.29 is 8.94 Å². The maximum Gasteiger partial charge on any atom is 0.259 e. The first-order valence-electron chi connectivity index (χ1n) is 6.97. The summed E-state index contributed by atoms with van der Waals surface area (Å²) in [6.07, 6.45) is 4.15. The summed E-state index contributed by atoms with van der Waals surface area (Å²) in [6, 6.07) is 9.36. The molecule has 1 aromatic carbocycles. The van der Waals surface area contributed by atoms with Crippen LogP contribution in [0.2, 0.25) is 0 Å².